The van der Waals surface area contributed by atoms with E-state index in [9.17, 15) is 37.1 Å². The van der Waals surface area contributed by atoms with Crippen LogP contribution in [0.4, 0.5) is 34.1 Å². The summed E-state index contributed by atoms with van der Waals surface area (Å²) in [4.78, 5) is 75.4. The van der Waals surface area contributed by atoms with Gasteiger partial charge in [0.2, 0.25) is 0 Å². The molecule has 2 aromatic rings. The molecule has 4 heterocycles. The van der Waals surface area contributed by atoms with E-state index < -0.39 is 41.5 Å². The van der Waals surface area contributed by atoms with Crippen LogP contribution in [0.15, 0.2) is 36.4 Å². The number of esters is 1. The molecule has 4 aliphatic rings. The maximum absolute atomic E-state index is 14.1. The number of carbonyl (C=O) groups excluding carboxylic acids is 5. The summed E-state index contributed by atoms with van der Waals surface area (Å²) in [6, 6.07) is 9.54. The lowest BCUT2D eigenvalue weighted by molar-refractivity contribution is -0.152. The molecule has 322 valence electrons. The number of fused-ring (bicyclic) bond motifs is 1. The number of halogens is 4. The molecule has 1 atom stereocenters. The van der Waals surface area contributed by atoms with Crippen LogP contribution in [-0.2, 0) is 42.9 Å². The van der Waals surface area contributed by atoms with Gasteiger partial charge in [-0.05, 0) is 61.4 Å². The standard InChI is InChI=1S/C40H52ClF3N8O7/c1-47(2)34(53)25-58-35(54)24-48-17-19-49(20-18-48)28-8-12-50(13-9-28)37(55)33(23-26-21-30(40(42,43)44)36(45)31(41)22-26)59-39(57)51-14-10-29(11-15-51)52-16-7-27-5-3-4-6-32(27)46-38(52)56/h3-6,21-22,28-29,33H,7-20,23-25,45H2,1-2H3,(H,46,56). The lowest BCUT2D eigenvalue weighted by Crippen LogP contribution is -2.55. The number of urea groups is 1. The molecule has 3 saturated heterocycles. The van der Waals surface area contributed by atoms with Crippen LogP contribution in [0.5, 0.6) is 0 Å². The molecule has 59 heavy (non-hydrogen) atoms. The normalized spacial score (nSPS) is 19.4. The summed E-state index contributed by atoms with van der Waals surface area (Å²) >= 11 is 6.13. The zero-order valence-corrected chi connectivity index (χ0v) is 34.1. The largest absolute Gasteiger partial charge is 0.455 e. The number of piperidine rings is 2. The highest BCUT2D eigenvalue weighted by molar-refractivity contribution is 6.33. The SMILES string of the molecule is CN(C)C(=O)COC(=O)CN1CCN(C2CCN(C(=O)C(Cc3cc(Cl)c(N)c(C(F)(F)F)c3)OC(=O)N3CCC(N4CCc5ccccc5NC4=O)CC3)CC2)CC1. The van der Waals surface area contributed by atoms with Gasteiger partial charge in [0, 0.05) is 97.2 Å². The summed E-state index contributed by atoms with van der Waals surface area (Å²) in [5.74, 6) is -1.29. The third kappa shape index (κ3) is 11.1. The Bertz CT molecular complexity index is 1860. The van der Waals surface area contributed by atoms with Crippen LogP contribution in [-0.4, -0.2) is 164 Å². The van der Waals surface area contributed by atoms with Gasteiger partial charge in [0.05, 0.1) is 22.8 Å². The predicted molar refractivity (Wildman–Crippen MR) is 213 cm³/mol. The van der Waals surface area contributed by atoms with Gasteiger partial charge >= 0.3 is 24.3 Å². The van der Waals surface area contributed by atoms with Gasteiger partial charge in [-0.1, -0.05) is 29.8 Å². The maximum Gasteiger partial charge on any atom is 0.418 e. The number of hydrogen-bond acceptors (Lipinski definition) is 10. The number of nitrogens with one attached hydrogen (secondary N) is 1. The third-order valence-corrected chi connectivity index (χ3v) is 12.0. The zero-order valence-electron chi connectivity index (χ0n) is 33.3. The van der Waals surface area contributed by atoms with Crippen LogP contribution < -0.4 is 11.1 Å². The molecule has 0 spiro atoms. The van der Waals surface area contributed by atoms with Crippen LogP contribution in [0, 0.1) is 0 Å². The molecule has 5 amide bonds. The third-order valence-electron chi connectivity index (χ3n) is 11.6. The number of ether oxygens (including phenoxy) is 2. The number of rotatable bonds is 10. The van der Waals surface area contributed by atoms with Gasteiger partial charge in [0.1, 0.15) is 0 Å². The second-order valence-electron chi connectivity index (χ2n) is 15.7. The van der Waals surface area contributed by atoms with Gasteiger partial charge in [-0.15, -0.1) is 0 Å². The Balaban J connectivity index is 1.05. The molecule has 0 radical (unpaired) electrons. The van der Waals surface area contributed by atoms with Gasteiger partial charge < -0.3 is 40.1 Å². The van der Waals surface area contributed by atoms with Crippen molar-refractivity contribution < 1.29 is 46.6 Å². The number of nitrogens with two attached hydrogens (primary N) is 1. The number of alkyl halides is 3. The van der Waals surface area contributed by atoms with Crippen molar-refractivity contribution in [3.05, 3.63) is 58.1 Å². The summed E-state index contributed by atoms with van der Waals surface area (Å²) in [7, 11) is 3.17. The van der Waals surface area contributed by atoms with Crippen molar-refractivity contribution in [3.63, 3.8) is 0 Å². The number of nitrogen functional groups attached to an aromatic ring is 1. The second-order valence-corrected chi connectivity index (χ2v) is 16.1. The highest BCUT2D eigenvalue weighted by Crippen LogP contribution is 2.38. The number of likely N-dealkylation sites (N-methyl/N-ethyl adjacent to an activating group) is 1. The van der Waals surface area contributed by atoms with Gasteiger partial charge in [-0.25, -0.2) is 9.59 Å². The van der Waals surface area contributed by atoms with Crippen molar-refractivity contribution in [3.8, 4) is 0 Å². The first-order valence-electron chi connectivity index (χ1n) is 19.9. The predicted octanol–water partition coefficient (Wildman–Crippen LogP) is 3.78. The molecule has 0 bridgehead atoms. The summed E-state index contributed by atoms with van der Waals surface area (Å²) < 4.78 is 52.7. The number of hydrogen-bond donors (Lipinski definition) is 2. The fraction of sp³-hybridized carbons (Fsp3) is 0.575. The molecule has 6 rings (SSSR count). The van der Waals surface area contributed by atoms with E-state index in [0.717, 1.165) is 17.3 Å². The summed E-state index contributed by atoms with van der Waals surface area (Å²) in [6.45, 7) is 4.10. The van der Waals surface area contributed by atoms with E-state index in [2.05, 4.69) is 10.2 Å². The van der Waals surface area contributed by atoms with E-state index >= 15 is 0 Å². The minimum Gasteiger partial charge on any atom is -0.455 e. The Hall–Kier alpha value is -4.81. The van der Waals surface area contributed by atoms with Crippen molar-refractivity contribution in [2.75, 3.05) is 97.2 Å². The highest BCUT2D eigenvalue weighted by Gasteiger charge is 2.38. The molecule has 3 fully saturated rings. The monoisotopic (exact) mass is 848 g/mol. The van der Waals surface area contributed by atoms with E-state index in [1.807, 2.05) is 29.2 Å². The maximum atomic E-state index is 14.1. The van der Waals surface area contributed by atoms with Crippen molar-refractivity contribution in [1.29, 1.82) is 0 Å². The zero-order chi connectivity index (χ0) is 42.4. The topological polar surface area (TPSA) is 161 Å². The fourth-order valence-electron chi connectivity index (χ4n) is 8.16. The summed E-state index contributed by atoms with van der Waals surface area (Å²) in [5.41, 5.74) is 5.76. The number of carbonyl (C=O) groups is 5. The lowest BCUT2D eigenvalue weighted by Gasteiger charge is -2.43. The molecule has 0 aromatic heterocycles. The van der Waals surface area contributed by atoms with Gasteiger partial charge in [-0.3, -0.25) is 24.2 Å². The lowest BCUT2D eigenvalue weighted by atomic mass is 9.99. The first kappa shape index (κ1) is 43.8. The second kappa shape index (κ2) is 19.1. The molecule has 0 saturated carbocycles. The number of benzene rings is 2. The number of anilines is 2. The summed E-state index contributed by atoms with van der Waals surface area (Å²) in [6.07, 6.45) is -4.50. The minimum absolute atomic E-state index is 0.0375. The molecule has 0 aliphatic carbocycles. The average Bonchev–Trinajstić information content (AvgIpc) is 3.38. The van der Waals surface area contributed by atoms with Gasteiger partial charge in [0.15, 0.2) is 12.7 Å². The Morgan fingerprint density at radius 3 is 2.22 bits per heavy atom. The molecule has 19 heteroatoms. The van der Waals surface area contributed by atoms with Gasteiger partial charge in [0.25, 0.3) is 11.8 Å². The molecular formula is C40H52ClF3N8O7. The van der Waals surface area contributed by atoms with Crippen molar-refractivity contribution in [2.24, 2.45) is 0 Å². The molecule has 3 N–H and O–H groups in total. The van der Waals surface area contributed by atoms with Crippen LogP contribution in [0.25, 0.3) is 0 Å². The van der Waals surface area contributed by atoms with Crippen LogP contribution in [0.2, 0.25) is 5.02 Å². The van der Waals surface area contributed by atoms with E-state index in [1.165, 1.54) is 15.9 Å². The molecule has 4 aliphatic heterocycles. The van der Waals surface area contributed by atoms with E-state index in [1.54, 1.807) is 23.9 Å². The minimum atomic E-state index is -4.81. The number of para-hydroxylation sites is 1. The van der Waals surface area contributed by atoms with E-state index in [0.29, 0.717) is 77.9 Å². The number of likely N-dealkylation sites (tertiary alicyclic amines) is 2. The average molecular weight is 849 g/mol. The van der Waals surface area contributed by atoms with Crippen LogP contribution >= 0.6 is 11.6 Å². The Labute approximate surface area is 346 Å². The molecule has 1 unspecified atom stereocenters. The Morgan fingerprint density at radius 2 is 1.56 bits per heavy atom. The van der Waals surface area contributed by atoms with Gasteiger partial charge in [-0.2, -0.15) is 13.2 Å². The number of piperazine rings is 1. The molecule has 2 aromatic carbocycles. The van der Waals surface area contributed by atoms with Crippen LogP contribution in [0.3, 0.4) is 0 Å². The molecule has 15 nitrogen and oxygen atoms in total. The summed E-state index contributed by atoms with van der Waals surface area (Å²) in [5, 5.41) is 2.65. The van der Waals surface area contributed by atoms with Crippen molar-refractivity contribution in [1.82, 2.24) is 29.4 Å². The first-order valence-corrected chi connectivity index (χ1v) is 20.3. The number of nitrogens with zero attached hydrogens (tertiary/aromatic N) is 6. The Morgan fingerprint density at radius 1 is 0.915 bits per heavy atom. The van der Waals surface area contributed by atoms with Crippen molar-refractivity contribution in [2.45, 2.75) is 62.9 Å². The van der Waals surface area contributed by atoms with Crippen molar-refractivity contribution >= 4 is 52.9 Å². The van der Waals surface area contributed by atoms with E-state index in [4.69, 9.17) is 26.8 Å². The highest BCUT2D eigenvalue weighted by atomic mass is 35.5. The fourth-order valence-corrected chi connectivity index (χ4v) is 8.40. The van der Waals surface area contributed by atoms with Crippen LogP contribution in [0.1, 0.15) is 42.4 Å². The first-order chi connectivity index (χ1) is 28.1. The number of amides is 5. The smallest absolute Gasteiger partial charge is 0.418 e. The van der Waals surface area contributed by atoms with E-state index in [-0.39, 0.29) is 67.3 Å². The Kier molecular flexibility index (Phi) is 14.1. The molecular weight excluding hydrogens is 797 g/mol. The quantitative estimate of drug-likeness (QED) is 0.266.